The van der Waals surface area contributed by atoms with E-state index in [-0.39, 0.29) is 29.7 Å². The van der Waals surface area contributed by atoms with Crippen LogP contribution in [0.25, 0.3) is 0 Å². The second-order valence-corrected chi connectivity index (χ2v) is 3.77. The normalized spacial score (nSPS) is 18.9. The molecule has 0 bridgehead atoms. The minimum absolute atomic E-state index is 0.104. The van der Waals surface area contributed by atoms with Crippen LogP contribution in [0.5, 0.6) is 0 Å². The third-order valence-corrected chi connectivity index (χ3v) is 2.49. The van der Waals surface area contributed by atoms with E-state index in [0.717, 1.165) is 12.1 Å². The molecule has 1 aromatic rings. The first-order valence-electron chi connectivity index (χ1n) is 5.03. The lowest BCUT2D eigenvalue weighted by atomic mass is 10.2. The fraction of sp³-hybridized carbons (Fsp3) is 0.300. The summed E-state index contributed by atoms with van der Waals surface area (Å²) in [5.74, 6) is -0.768. The van der Waals surface area contributed by atoms with Crippen LogP contribution >= 0.6 is 0 Å². The van der Waals surface area contributed by atoms with Gasteiger partial charge in [-0.3, -0.25) is 14.9 Å². The Hall–Kier alpha value is -2.18. The zero-order valence-electron chi connectivity index (χ0n) is 8.77. The van der Waals surface area contributed by atoms with Gasteiger partial charge in [0.2, 0.25) is 5.91 Å². The van der Waals surface area contributed by atoms with Crippen molar-refractivity contribution in [2.24, 2.45) is 0 Å². The van der Waals surface area contributed by atoms with Crippen molar-refractivity contribution in [3.63, 3.8) is 0 Å². The van der Waals surface area contributed by atoms with Crippen molar-refractivity contribution in [2.75, 3.05) is 11.9 Å². The molecule has 7 heteroatoms. The predicted octanol–water partition coefficient (Wildman–Crippen LogP) is 1.03. The molecule has 2 rings (SSSR count). The van der Waals surface area contributed by atoms with Crippen molar-refractivity contribution < 1.29 is 14.1 Å². The Kier molecular flexibility index (Phi) is 2.90. The lowest BCUT2D eigenvalue weighted by Gasteiger charge is -2.11. The van der Waals surface area contributed by atoms with E-state index >= 15 is 0 Å². The average molecular weight is 239 g/mol. The van der Waals surface area contributed by atoms with Gasteiger partial charge in [0.15, 0.2) is 0 Å². The van der Waals surface area contributed by atoms with Crippen LogP contribution in [0, 0.1) is 15.9 Å². The molecule has 1 aliphatic rings. The smallest absolute Gasteiger partial charge is 0.295 e. The van der Waals surface area contributed by atoms with E-state index < -0.39 is 10.7 Å². The van der Waals surface area contributed by atoms with Gasteiger partial charge in [0, 0.05) is 13.0 Å². The van der Waals surface area contributed by atoms with Crippen LogP contribution in [0.2, 0.25) is 0 Å². The van der Waals surface area contributed by atoms with Gasteiger partial charge in [0.25, 0.3) is 5.69 Å². The number of carbonyl (C=O) groups is 1. The monoisotopic (exact) mass is 239 g/mol. The Morgan fingerprint density at radius 1 is 1.53 bits per heavy atom. The highest BCUT2D eigenvalue weighted by molar-refractivity contribution is 5.80. The van der Waals surface area contributed by atoms with Gasteiger partial charge in [-0.05, 0) is 12.1 Å². The highest BCUT2D eigenvalue weighted by Gasteiger charge is 2.24. The number of carbonyl (C=O) groups excluding carboxylic acids is 1. The van der Waals surface area contributed by atoms with E-state index in [2.05, 4.69) is 10.6 Å². The van der Waals surface area contributed by atoms with Crippen molar-refractivity contribution in [1.29, 1.82) is 0 Å². The van der Waals surface area contributed by atoms with Crippen LogP contribution in [-0.2, 0) is 4.79 Å². The maximum Gasteiger partial charge on any atom is 0.295 e. The molecule has 0 spiro atoms. The molecule has 17 heavy (non-hydrogen) atoms. The van der Waals surface area contributed by atoms with Crippen LogP contribution in [0.3, 0.4) is 0 Å². The van der Waals surface area contributed by atoms with Gasteiger partial charge in [-0.15, -0.1) is 0 Å². The molecule has 1 fully saturated rings. The number of benzene rings is 1. The number of halogens is 1. The number of amides is 1. The van der Waals surface area contributed by atoms with E-state index in [9.17, 15) is 19.3 Å². The third-order valence-electron chi connectivity index (χ3n) is 2.49. The molecule has 6 nitrogen and oxygen atoms in total. The number of rotatable bonds is 3. The summed E-state index contributed by atoms with van der Waals surface area (Å²) in [6.45, 7) is 0.410. The molecule has 2 N–H and O–H groups in total. The summed E-state index contributed by atoms with van der Waals surface area (Å²) < 4.78 is 12.9. The molecule has 1 heterocycles. The molecule has 0 aliphatic carbocycles. The van der Waals surface area contributed by atoms with Gasteiger partial charge in [-0.2, -0.15) is 0 Å². The van der Waals surface area contributed by atoms with Crippen molar-refractivity contribution in [2.45, 2.75) is 12.5 Å². The summed E-state index contributed by atoms with van der Waals surface area (Å²) in [5, 5.41) is 16.2. The predicted molar refractivity (Wildman–Crippen MR) is 58.1 cm³/mol. The van der Waals surface area contributed by atoms with E-state index in [0.29, 0.717) is 6.54 Å². The number of anilines is 1. The highest BCUT2D eigenvalue weighted by atomic mass is 19.1. The van der Waals surface area contributed by atoms with E-state index in [1.54, 1.807) is 0 Å². The summed E-state index contributed by atoms with van der Waals surface area (Å²) >= 11 is 0. The quantitative estimate of drug-likeness (QED) is 0.609. The summed E-state index contributed by atoms with van der Waals surface area (Å²) in [7, 11) is 0. The third kappa shape index (κ3) is 2.49. The van der Waals surface area contributed by atoms with E-state index in [1.807, 2.05) is 0 Å². The fourth-order valence-corrected chi connectivity index (χ4v) is 1.71. The molecule has 1 amide bonds. The van der Waals surface area contributed by atoms with Crippen molar-refractivity contribution in [1.82, 2.24) is 5.32 Å². The molecule has 1 aliphatic heterocycles. The van der Waals surface area contributed by atoms with Gasteiger partial charge in [0.1, 0.15) is 11.5 Å². The molecule has 0 radical (unpaired) electrons. The summed E-state index contributed by atoms with van der Waals surface area (Å²) in [6, 6.07) is 3.09. The minimum Gasteiger partial charge on any atom is -0.374 e. The first-order chi connectivity index (χ1) is 8.06. The zero-order valence-corrected chi connectivity index (χ0v) is 8.77. The molecule has 1 atom stereocenters. The van der Waals surface area contributed by atoms with Crippen LogP contribution in [0.1, 0.15) is 6.42 Å². The van der Waals surface area contributed by atoms with Gasteiger partial charge >= 0.3 is 0 Å². The molecular formula is C10H10FN3O3. The largest absolute Gasteiger partial charge is 0.374 e. The lowest BCUT2D eigenvalue weighted by Crippen LogP contribution is -2.22. The molecule has 90 valence electrons. The van der Waals surface area contributed by atoms with Crippen molar-refractivity contribution >= 4 is 17.3 Å². The van der Waals surface area contributed by atoms with Crippen LogP contribution in [0.4, 0.5) is 15.8 Å². The van der Waals surface area contributed by atoms with Crippen LogP contribution in [-0.4, -0.2) is 23.4 Å². The summed E-state index contributed by atoms with van der Waals surface area (Å²) in [6.07, 6.45) is 0.258. The second kappa shape index (κ2) is 4.36. The molecular weight excluding hydrogens is 229 g/mol. The number of nitro groups is 1. The number of nitro benzene ring substituents is 1. The topological polar surface area (TPSA) is 84.3 Å². The standard InChI is InChI=1S/C10H10FN3O3/c11-6-1-2-8(9(3-6)14(16)17)13-7-4-10(15)12-5-7/h1-3,7,13H,4-5H2,(H,12,15). The first kappa shape index (κ1) is 11.3. The van der Waals surface area contributed by atoms with Gasteiger partial charge < -0.3 is 10.6 Å². The Bertz CT molecular complexity index is 478. The fourth-order valence-electron chi connectivity index (χ4n) is 1.71. The maximum absolute atomic E-state index is 12.9. The molecule has 0 saturated carbocycles. The summed E-state index contributed by atoms with van der Waals surface area (Å²) in [4.78, 5) is 21.0. The number of nitrogens with zero attached hydrogens (tertiary/aromatic N) is 1. The Balaban J connectivity index is 2.20. The Morgan fingerprint density at radius 3 is 2.88 bits per heavy atom. The number of nitrogens with one attached hydrogen (secondary N) is 2. The highest BCUT2D eigenvalue weighted by Crippen LogP contribution is 2.26. The summed E-state index contributed by atoms with van der Waals surface area (Å²) in [5.41, 5.74) is -0.109. The Labute approximate surface area is 96.0 Å². The van der Waals surface area contributed by atoms with Crippen molar-refractivity contribution in [3.8, 4) is 0 Å². The second-order valence-electron chi connectivity index (χ2n) is 3.77. The van der Waals surface area contributed by atoms with Gasteiger partial charge in [0.05, 0.1) is 17.0 Å². The molecule has 0 aromatic heterocycles. The minimum atomic E-state index is -0.664. The maximum atomic E-state index is 12.9. The van der Waals surface area contributed by atoms with Crippen LogP contribution in [0.15, 0.2) is 18.2 Å². The average Bonchev–Trinajstić information content (AvgIpc) is 2.66. The first-order valence-corrected chi connectivity index (χ1v) is 5.03. The SMILES string of the molecule is O=C1CC(Nc2ccc(F)cc2[N+](=O)[O-])CN1. The van der Waals surface area contributed by atoms with E-state index in [1.165, 1.54) is 6.07 Å². The number of hydrogen-bond donors (Lipinski definition) is 2. The lowest BCUT2D eigenvalue weighted by molar-refractivity contribution is -0.384. The zero-order chi connectivity index (χ0) is 12.4. The Morgan fingerprint density at radius 2 is 2.29 bits per heavy atom. The van der Waals surface area contributed by atoms with Gasteiger partial charge in [-0.1, -0.05) is 0 Å². The molecule has 1 unspecified atom stereocenters. The van der Waals surface area contributed by atoms with E-state index in [4.69, 9.17) is 0 Å². The van der Waals surface area contributed by atoms with Gasteiger partial charge in [-0.25, -0.2) is 4.39 Å². The molecule has 1 saturated heterocycles. The van der Waals surface area contributed by atoms with Crippen molar-refractivity contribution in [3.05, 3.63) is 34.1 Å². The number of hydrogen-bond acceptors (Lipinski definition) is 4. The van der Waals surface area contributed by atoms with Crippen LogP contribution < -0.4 is 10.6 Å². The molecule has 1 aromatic carbocycles.